The van der Waals surface area contributed by atoms with Gasteiger partial charge in [-0.2, -0.15) is 5.10 Å². The molecule has 0 radical (unpaired) electrons. The zero-order valence-corrected chi connectivity index (χ0v) is 16.2. The monoisotopic (exact) mass is 351 g/mol. The molecule has 5 nitrogen and oxygen atoms in total. The summed E-state index contributed by atoms with van der Waals surface area (Å²) in [6.45, 7) is 8.48. The molecule has 2 N–H and O–H groups in total. The fourth-order valence-electron chi connectivity index (χ4n) is 3.22. The van der Waals surface area contributed by atoms with Crippen molar-refractivity contribution in [2.75, 3.05) is 19.3 Å². The minimum atomic E-state index is 0.244. The number of benzene rings is 1. The maximum absolute atomic E-state index is 6.28. The van der Waals surface area contributed by atoms with Gasteiger partial charge in [0, 0.05) is 23.8 Å². The third kappa shape index (κ3) is 3.88. The van der Waals surface area contributed by atoms with Crippen LogP contribution in [0.15, 0.2) is 36.5 Å². The van der Waals surface area contributed by atoms with E-state index in [0.29, 0.717) is 0 Å². The zero-order chi connectivity index (χ0) is 18.7. The molecule has 0 amide bonds. The molecule has 0 saturated heterocycles. The van der Waals surface area contributed by atoms with Crippen LogP contribution in [-0.4, -0.2) is 33.3 Å². The Balaban J connectivity index is 1.93. The van der Waals surface area contributed by atoms with Crippen molar-refractivity contribution in [3.05, 3.63) is 42.1 Å². The molecule has 3 rings (SSSR count). The highest BCUT2D eigenvalue weighted by molar-refractivity contribution is 5.90. The van der Waals surface area contributed by atoms with Crippen molar-refractivity contribution in [3.63, 3.8) is 0 Å². The van der Waals surface area contributed by atoms with Crippen molar-refractivity contribution in [3.8, 4) is 11.3 Å². The second kappa shape index (κ2) is 7.87. The maximum atomic E-state index is 6.28. The Morgan fingerprint density at radius 3 is 2.77 bits per heavy atom. The highest BCUT2D eigenvalue weighted by atomic mass is 15.3. The third-order valence-corrected chi connectivity index (χ3v) is 4.66. The van der Waals surface area contributed by atoms with Crippen molar-refractivity contribution < 1.29 is 0 Å². The number of hydrogen-bond acceptors (Lipinski definition) is 4. The fraction of sp³-hybridized carbons (Fsp3) is 0.429. The molecular weight excluding hydrogens is 322 g/mol. The van der Waals surface area contributed by atoms with Gasteiger partial charge in [0.25, 0.3) is 0 Å². The van der Waals surface area contributed by atoms with Gasteiger partial charge in [-0.3, -0.25) is 0 Å². The van der Waals surface area contributed by atoms with E-state index in [1.807, 2.05) is 10.7 Å². The van der Waals surface area contributed by atoms with Crippen LogP contribution in [0.3, 0.4) is 0 Å². The Morgan fingerprint density at radius 2 is 2.04 bits per heavy atom. The van der Waals surface area contributed by atoms with E-state index in [-0.39, 0.29) is 6.04 Å². The molecule has 0 atom stereocenters. The van der Waals surface area contributed by atoms with E-state index >= 15 is 0 Å². The first-order chi connectivity index (χ1) is 12.5. The van der Waals surface area contributed by atoms with Crippen LogP contribution in [0.5, 0.6) is 0 Å². The SMILES string of the molecule is CCCCN(C)Cc1cccc(-c2cc(N)c3cnn(C(C)C)c3n2)c1. The van der Waals surface area contributed by atoms with Crippen LogP contribution in [0.1, 0.15) is 45.2 Å². The van der Waals surface area contributed by atoms with Crippen molar-refractivity contribution in [1.82, 2.24) is 19.7 Å². The summed E-state index contributed by atoms with van der Waals surface area (Å²) in [6, 6.07) is 10.8. The lowest BCUT2D eigenvalue weighted by molar-refractivity contribution is 0.321. The smallest absolute Gasteiger partial charge is 0.160 e. The van der Waals surface area contributed by atoms with Crippen molar-refractivity contribution in [2.24, 2.45) is 0 Å². The van der Waals surface area contributed by atoms with Crippen LogP contribution in [0.2, 0.25) is 0 Å². The Kier molecular flexibility index (Phi) is 5.57. The van der Waals surface area contributed by atoms with Crippen LogP contribution in [0, 0.1) is 0 Å². The van der Waals surface area contributed by atoms with E-state index in [1.165, 1.54) is 18.4 Å². The van der Waals surface area contributed by atoms with Gasteiger partial charge in [0.2, 0.25) is 0 Å². The summed E-state index contributed by atoms with van der Waals surface area (Å²) < 4.78 is 1.93. The molecular formula is C21H29N5. The summed E-state index contributed by atoms with van der Waals surface area (Å²) in [5.74, 6) is 0. The lowest BCUT2D eigenvalue weighted by atomic mass is 10.1. The highest BCUT2D eigenvalue weighted by Crippen LogP contribution is 2.28. The van der Waals surface area contributed by atoms with Gasteiger partial charge in [0.15, 0.2) is 5.65 Å². The van der Waals surface area contributed by atoms with Gasteiger partial charge in [-0.25, -0.2) is 9.67 Å². The van der Waals surface area contributed by atoms with E-state index < -0.39 is 0 Å². The molecule has 2 aromatic heterocycles. The van der Waals surface area contributed by atoms with Crippen LogP contribution in [0.25, 0.3) is 22.3 Å². The highest BCUT2D eigenvalue weighted by Gasteiger charge is 2.13. The fourth-order valence-corrected chi connectivity index (χ4v) is 3.22. The van der Waals surface area contributed by atoms with Gasteiger partial charge in [-0.1, -0.05) is 31.5 Å². The average Bonchev–Trinajstić information content (AvgIpc) is 3.05. The van der Waals surface area contributed by atoms with E-state index in [1.54, 1.807) is 6.20 Å². The molecule has 138 valence electrons. The van der Waals surface area contributed by atoms with Gasteiger partial charge in [0.05, 0.1) is 17.3 Å². The van der Waals surface area contributed by atoms with Crippen molar-refractivity contribution >= 4 is 16.7 Å². The number of nitrogens with two attached hydrogens (primary N) is 1. The molecule has 0 saturated carbocycles. The van der Waals surface area contributed by atoms with Crippen LogP contribution in [-0.2, 0) is 6.54 Å². The number of pyridine rings is 1. The Morgan fingerprint density at radius 1 is 1.23 bits per heavy atom. The largest absolute Gasteiger partial charge is 0.398 e. The van der Waals surface area contributed by atoms with E-state index in [0.717, 1.165) is 41.1 Å². The maximum Gasteiger partial charge on any atom is 0.160 e. The summed E-state index contributed by atoms with van der Waals surface area (Å²) in [5.41, 5.74) is 11.1. The molecule has 1 aromatic carbocycles. The predicted octanol–water partition coefficient (Wildman–Crippen LogP) is 4.49. The van der Waals surface area contributed by atoms with E-state index in [4.69, 9.17) is 10.7 Å². The molecule has 0 unspecified atom stereocenters. The molecule has 0 aliphatic carbocycles. The summed E-state index contributed by atoms with van der Waals surface area (Å²) >= 11 is 0. The quantitative estimate of drug-likeness (QED) is 0.681. The molecule has 0 spiro atoms. The molecule has 0 fully saturated rings. The number of fused-ring (bicyclic) bond motifs is 1. The Bertz CT molecular complexity index is 881. The number of anilines is 1. The van der Waals surface area contributed by atoms with Crippen LogP contribution >= 0.6 is 0 Å². The number of rotatable bonds is 7. The normalized spacial score (nSPS) is 11.8. The Labute approximate surface area is 155 Å². The molecule has 0 aliphatic heterocycles. The first-order valence-corrected chi connectivity index (χ1v) is 9.41. The van der Waals surface area contributed by atoms with Crippen LogP contribution < -0.4 is 5.73 Å². The summed E-state index contributed by atoms with van der Waals surface area (Å²) in [5, 5.41) is 5.36. The second-order valence-electron chi connectivity index (χ2n) is 7.31. The number of nitrogen functional groups attached to an aromatic ring is 1. The number of unbranched alkanes of at least 4 members (excludes halogenated alkanes) is 1. The number of aromatic nitrogens is 3. The minimum absolute atomic E-state index is 0.244. The third-order valence-electron chi connectivity index (χ3n) is 4.66. The van der Waals surface area contributed by atoms with Gasteiger partial charge < -0.3 is 10.6 Å². The molecule has 3 aromatic rings. The van der Waals surface area contributed by atoms with Gasteiger partial charge >= 0.3 is 0 Å². The second-order valence-corrected chi connectivity index (χ2v) is 7.31. The average molecular weight is 351 g/mol. The van der Waals surface area contributed by atoms with Gasteiger partial charge in [-0.05, 0) is 51.6 Å². The first-order valence-electron chi connectivity index (χ1n) is 9.41. The number of hydrogen-bond donors (Lipinski definition) is 1. The van der Waals surface area contributed by atoms with E-state index in [2.05, 4.69) is 62.1 Å². The lowest BCUT2D eigenvalue weighted by Gasteiger charge is -2.16. The predicted molar refractivity (Wildman–Crippen MR) is 109 cm³/mol. The van der Waals surface area contributed by atoms with Crippen molar-refractivity contribution in [1.29, 1.82) is 0 Å². The zero-order valence-electron chi connectivity index (χ0n) is 16.2. The molecule has 0 bridgehead atoms. The molecule has 0 aliphatic rings. The first kappa shape index (κ1) is 18.4. The molecule has 2 heterocycles. The minimum Gasteiger partial charge on any atom is -0.398 e. The topological polar surface area (TPSA) is 60.0 Å². The summed E-state index contributed by atoms with van der Waals surface area (Å²) in [4.78, 5) is 7.23. The lowest BCUT2D eigenvalue weighted by Crippen LogP contribution is -2.18. The van der Waals surface area contributed by atoms with Crippen LogP contribution in [0.4, 0.5) is 5.69 Å². The van der Waals surface area contributed by atoms with Gasteiger partial charge in [-0.15, -0.1) is 0 Å². The summed E-state index contributed by atoms with van der Waals surface area (Å²) in [7, 11) is 2.17. The van der Waals surface area contributed by atoms with E-state index in [9.17, 15) is 0 Å². The number of nitrogens with zero attached hydrogens (tertiary/aromatic N) is 4. The Hall–Kier alpha value is -2.40. The molecule has 26 heavy (non-hydrogen) atoms. The van der Waals surface area contributed by atoms with Crippen molar-refractivity contribution in [2.45, 2.75) is 46.2 Å². The standard InChI is InChI=1S/C21H29N5/c1-5-6-10-25(4)14-16-8-7-9-17(11-16)20-12-19(22)18-13-23-26(15(2)3)21(18)24-20/h7-9,11-13,15H,5-6,10,14H2,1-4H3,(H2,22,24). The summed E-state index contributed by atoms with van der Waals surface area (Å²) in [6.07, 6.45) is 4.25. The molecule has 5 heteroatoms. The van der Waals surface area contributed by atoms with Gasteiger partial charge in [0.1, 0.15) is 0 Å².